The number of rotatable bonds is 5. The fourth-order valence-electron chi connectivity index (χ4n) is 6.17. The number of hydrogen-bond donors (Lipinski definition) is 0. The summed E-state index contributed by atoms with van der Waals surface area (Å²) in [5.74, 6) is 0.730. The third kappa shape index (κ3) is 4.30. The lowest BCUT2D eigenvalue weighted by atomic mass is 9.88. The highest BCUT2D eigenvalue weighted by atomic mass is 19.1. The van der Waals surface area contributed by atoms with Crippen LogP contribution < -0.4 is 0 Å². The van der Waals surface area contributed by atoms with E-state index < -0.39 is 5.82 Å². The summed E-state index contributed by atoms with van der Waals surface area (Å²) in [7, 11) is 0. The van der Waals surface area contributed by atoms with Crippen LogP contribution in [0.5, 0.6) is 0 Å². The topological polar surface area (TPSA) is 54.8 Å². The second kappa shape index (κ2) is 10.3. The highest BCUT2D eigenvalue weighted by Crippen LogP contribution is 2.43. The van der Waals surface area contributed by atoms with E-state index in [1.165, 1.54) is 34.4 Å². The molecule has 0 fully saturated rings. The number of nitrogens with zero attached hydrogens (tertiary/aromatic N) is 3. The van der Waals surface area contributed by atoms with Gasteiger partial charge in [-0.15, -0.1) is 0 Å². The second-order valence-electron chi connectivity index (χ2n) is 11.7. The molecule has 43 heavy (non-hydrogen) atoms. The van der Waals surface area contributed by atoms with Gasteiger partial charge >= 0.3 is 0 Å². The summed E-state index contributed by atoms with van der Waals surface area (Å²) < 4.78 is 23.2. The number of aromatic nitrogens is 2. The zero-order chi connectivity index (χ0) is 29.8. The number of para-hydroxylation sites is 3. The molecule has 7 aromatic rings. The number of halogens is 1. The highest BCUT2D eigenvalue weighted by Gasteiger charge is 2.25. The minimum absolute atomic E-state index is 0.173. The lowest BCUT2D eigenvalue weighted by Gasteiger charge is -2.24. The Hall–Kier alpha value is -5.21. The summed E-state index contributed by atoms with van der Waals surface area (Å²) in [4.78, 5) is 5.19. The van der Waals surface area contributed by atoms with Gasteiger partial charge in [0.25, 0.3) is 0 Å². The summed E-state index contributed by atoms with van der Waals surface area (Å²) in [6, 6.07) is 33.9. The molecule has 0 bridgehead atoms. The van der Waals surface area contributed by atoms with Crippen LogP contribution in [0.1, 0.15) is 56.2 Å². The largest absolute Gasteiger partial charge is 0.454 e. The zero-order valence-electron chi connectivity index (χ0n) is 24.5. The van der Waals surface area contributed by atoms with Gasteiger partial charge in [-0.25, -0.2) is 9.37 Å². The molecule has 0 atom stereocenters. The Balaban J connectivity index is 1.60. The Morgan fingerprint density at radius 2 is 1.44 bits per heavy atom. The van der Waals surface area contributed by atoms with Crippen LogP contribution in [0.25, 0.3) is 61.2 Å². The third-order valence-electron chi connectivity index (χ3n) is 8.23. The van der Waals surface area contributed by atoms with E-state index in [-0.39, 0.29) is 17.4 Å². The van der Waals surface area contributed by atoms with Crippen LogP contribution in [-0.4, -0.2) is 9.55 Å². The lowest BCUT2D eigenvalue weighted by molar-refractivity contribution is 0.625. The lowest BCUT2D eigenvalue weighted by Crippen LogP contribution is -2.09. The van der Waals surface area contributed by atoms with Crippen molar-refractivity contribution in [3.8, 4) is 34.3 Å². The average Bonchev–Trinajstić information content (AvgIpc) is 3.59. The maximum Gasteiger partial charge on any atom is 0.153 e. The molecule has 210 valence electrons. The molecule has 0 aliphatic rings. The molecule has 0 aliphatic heterocycles. The molecule has 0 spiro atoms. The maximum atomic E-state index is 14.5. The molecule has 0 aliphatic carbocycles. The fraction of sp³-hybridized carbons (Fsp3) is 0.158. The molecule has 7 rings (SSSR count). The Labute approximate surface area is 249 Å². The molecule has 0 saturated heterocycles. The Morgan fingerprint density at radius 1 is 0.744 bits per heavy atom. The van der Waals surface area contributed by atoms with E-state index in [1.807, 2.05) is 42.5 Å². The molecule has 0 N–H and O–H groups in total. The van der Waals surface area contributed by atoms with E-state index >= 15 is 0 Å². The van der Waals surface area contributed by atoms with Gasteiger partial charge in [0.15, 0.2) is 5.58 Å². The molecule has 0 unspecified atom stereocenters. The first-order valence-electron chi connectivity index (χ1n) is 14.6. The summed E-state index contributed by atoms with van der Waals surface area (Å²) in [6.07, 6.45) is 0. The van der Waals surface area contributed by atoms with Gasteiger partial charge in [-0.3, -0.25) is 4.57 Å². The third-order valence-corrected chi connectivity index (χ3v) is 8.23. The minimum Gasteiger partial charge on any atom is -0.454 e. The van der Waals surface area contributed by atoms with Crippen molar-refractivity contribution in [2.24, 2.45) is 0 Å². The number of imidazole rings is 1. The predicted molar refractivity (Wildman–Crippen MR) is 172 cm³/mol. The maximum absolute atomic E-state index is 14.5. The predicted octanol–water partition coefficient (Wildman–Crippen LogP) is 10.5. The number of hydrogen-bond acceptors (Lipinski definition) is 3. The van der Waals surface area contributed by atoms with E-state index in [9.17, 15) is 9.65 Å². The van der Waals surface area contributed by atoms with Crippen molar-refractivity contribution in [2.45, 2.75) is 39.5 Å². The van der Waals surface area contributed by atoms with Gasteiger partial charge in [0.05, 0.1) is 27.8 Å². The first-order valence-corrected chi connectivity index (χ1v) is 14.6. The number of fused-ring (bicyclic) bond motifs is 4. The SMILES string of the molecule is CC(C)c1cc(-c2ccccc2)cc(C(C)C)c1-n1c(-c2cccc3c2oc2c(C#N)cc(F)cc23)nc2ccccc21. The van der Waals surface area contributed by atoms with Crippen LogP contribution in [0.4, 0.5) is 4.39 Å². The molecule has 2 aromatic heterocycles. The Morgan fingerprint density at radius 3 is 2.14 bits per heavy atom. The Bertz CT molecular complexity index is 2190. The summed E-state index contributed by atoms with van der Waals surface area (Å²) in [5, 5.41) is 11.1. The monoisotopic (exact) mass is 563 g/mol. The standard InChI is InChI=1S/C38H30FN3O/c1-22(2)30-18-25(24-11-6-5-7-12-24)19-31(23(3)4)35(30)42-34-16-9-8-15-33(34)41-38(42)29-14-10-13-28-32-20-27(39)17-26(21-40)36(32)43-37(28)29/h5-20,22-23H,1-4H3. The summed E-state index contributed by atoms with van der Waals surface area (Å²) in [6.45, 7) is 8.92. The molecule has 0 saturated carbocycles. The molecule has 0 radical (unpaired) electrons. The van der Waals surface area contributed by atoms with Crippen molar-refractivity contribution in [3.63, 3.8) is 0 Å². The summed E-state index contributed by atoms with van der Waals surface area (Å²) in [5.41, 5.74) is 9.70. The van der Waals surface area contributed by atoms with Crippen molar-refractivity contribution < 1.29 is 8.81 Å². The van der Waals surface area contributed by atoms with Crippen molar-refractivity contribution in [1.29, 1.82) is 5.26 Å². The van der Waals surface area contributed by atoms with Crippen molar-refractivity contribution in [2.75, 3.05) is 0 Å². The van der Waals surface area contributed by atoms with Gasteiger partial charge in [0.2, 0.25) is 0 Å². The first kappa shape index (κ1) is 26.7. The zero-order valence-corrected chi connectivity index (χ0v) is 24.5. The van der Waals surface area contributed by atoms with Gasteiger partial charge in [0.1, 0.15) is 23.3 Å². The van der Waals surface area contributed by atoms with Gasteiger partial charge < -0.3 is 4.42 Å². The van der Waals surface area contributed by atoms with Crippen molar-refractivity contribution >= 4 is 33.0 Å². The van der Waals surface area contributed by atoms with Crippen LogP contribution in [0.2, 0.25) is 0 Å². The molecule has 5 aromatic carbocycles. The molecular weight excluding hydrogens is 533 g/mol. The quantitative estimate of drug-likeness (QED) is 0.209. The molecule has 2 heterocycles. The van der Waals surface area contributed by atoms with E-state index in [2.05, 4.69) is 80.8 Å². The molecule has 0 amide bonds. The normalized spacial score (nSPS) is 11.8. The average molecular weight is 564 g/mol. The van der Waals surface area contributed by atoms with Gasteiger partial charge in [-0.2, -0.15) is 5.26 Å². The van der Waals surface area contributed by atoms with Gasteiger partial charge in [-0.1, -0.05) is 82.3 Å². The number of furan rings is 1. The summed E-state index contributed by atoms with van der Waals surface area (Å²) >= 11 is 0. The number of benzene rings is 5. The van der Waals surface area contributed by atoms with E-state index in [1.54, 1.807) is 0 Å². The van der Waals surface area contributed by atoms with E-state index in [4.69, 9.17) is 9.40 Å². The Kier molecular flexibility index (Phi) is 6.36. The van der Waals surface area contributed by atoms with Crippen LogP contribution in [0.15, 0.2) is 101 Å². The van der Waals surface area contributed by atoms with Gasteiger partial charge in [0, 0.05) is 10.8 Å². The van der Waals surface area contributed by atoms with Crippen LogP contribution in [0.3, 0.4) is 0 Å². The van der Waals surface area contributed by atoms with Crippen molar-refractivity contribution in [1.82, 2.24) is 9.55 Å². The smallest absolute Gasteiger partial charge is 0.153 e. The van der Waals surface area contributed by atoms with Crippen LogP contribution in [-0.2, 0) is 0 Å². The van der Waals surface area contributed by atoms with Gasteiger partial charge in [-0.05, 0) is 76.6 Å². The molecular formula is C38H30FN3O. The van der Waals surface area contributed by atoms with Crippen LogP contribution >= 0.6 is 0 Å². The molecule has 4 nitrogen and oxygen atoms in total. The van der Waals surface area contributed by atoms with Crippen molar-refractivity contribution in [3.05, 3.63) is 120 Å². The van der Waals surface area contributed by atoms with Crippen LogP contribution in [0, 0.1) is 17.1 Å². The first-order chi connectivity index (χ1) is 20.9. The highest BCUT2D eigenvalue weighted by molar-refractivity contribution is 6.10. The fourth-order valence-corrected chi connectivity index (χ4v) is 6.17. The van der Waals surface area contributed by atoms with E-state index in [0.29, 0.717) is 16.6 Å². The minimum atomic E-state index is -0.467. The number of nitriles is 1. The molecule has 5 heteroatoms. The van der Waals surface area contributed by atoms with E-state index in [0.717, 1.165) is 33.5 Å². The second-order valence-corrected chi connectivity index (χ2v) is 11.7.